The average Bonchev–Trinajstić information content (AvgIpc) is 2.68. The Hall–Kier alpha value is 2.40. The lowest BCUT2D eigenvalue weighted by atomic mass is 8.28. The van der Waals surface area contributed by atoms with Crippen LogP contribution in [0.3, 0.4) is 0 Å². The average molecular weight is 412 g/mol. The number of hydrogen-bond donors (Lipinski definition) is 0. The van der Waals surface area contributed by atoms with Crippen molar-refractivity contribution in [2.75, 3.05) is 0 Å². The molecule has 0 aromatic carbocycles. The Balaban J connectivity index is 7.97. The maximum absolute atomic E-state index is 6.69. The Bertz CT molecular complexity index is 523. The van der Waals surface area contributed by atoms with Crippen LogP contribution in [0.15, 0.2) is 0 Å². The monoisotopic (exact) mass is 419 g/mol. The molecule has 0 amide bonds. The fourth-order valence-electron chi connectivity index (χ4n) is 5.13. The molecule has 0 atom stereocenters. The summed E-state index contributed by atoms with van der Waals surface area (Å²) in [5.41, 5.74) is 0. The van der Waals surface area contributed by atoms with E-state index in [1.807, 2.05) is 0 Å². The molecule has 0 aliphatic carbocycles. The largest absolute Gasteiger partial charge is 0.264 e. The zero-order chi connectivity index (χ0) is 29.5. The molecule has 0 bridgehead atoms. The molecule has 31 radical (unpaired) electrons. The first-order chi connectivity index (χ1) is 16.8. The van der Waals surface area contributed by atoms with Crippen molar-refractivity contribution >= 4 is 263 Å². The van der Waals surface area contributed by atoms with Crippen molar-refractivity contribution in [3.63, 3.8) is 0 Å². The second-order valence-electron chi connectivity index (χ2n) is 8.85. The lowest BCUT2D eigenvalue weighted by Crippen LogP contribution is -2.91. The van der Waals surface area contributed by atoms with Gasteiger partial charge in [0.25, 0.3) is 0 Å². The molecule has 0 spiro atoms. The van der Waals surface area contributed by atoms with Crippen molar-refractivity contribution in [2.45, 2.75) is 0 Å². The van der Waals surface area contributed by atoms with Gasteiger partial charge in [0.1, 0.15) is 0 Å². The molecule has 37 heavy (non-hydrogen) atoms. The lowest BCUT2D eigenvalue weighted by molar-refractivity contribution is 3.23. The second-order valence-corrected chi connectivity index (χ2v) is 8.85. The summed E-state index contributed by atoms with van der Waals surface area (Å²) >= 11 is 0. The van der Waals surface area contributed by atoms with Gasteiger partial charge in [-0.2, -0.15) is 7.06 Å². The fraction of sp³-hybridized carbons (Fsp3) is 0. The van der Waals surface area contributed by atoms with E-state index in [4.69, 9.17) is 116 Å². The van der Waals surface area contributed by atoms with Crippen molar-refractivity contribution in [2.24, 2.45) is 0 Å². The van der Waals surface area contributed by atoms with Crippen molar-refractivity contribution in [3.8, 4) is 0 Å². The molecule has 0 saturated heterocycles. The molecule has 0 unspecified atom stereocenters. The summed E-state index contributed by atoms with van der Waals surface area (Å²) in [6.45, 7) is 0. The predicted octanol–water partition coefficient (Wildman–Crippen LogP) is -17.3. The van der Waals surface area contributed by atoms with Crippen LogP contribution in [0.25, 0.3) is 0 Å². The first-order valence-electron chi connectivity index (χ1n) is 10.7. The minimum atomic E-state index is -0.965. The summed E-state index contributed by atoms with van der Waals surface area (Å²) < 4.78 is 0. The van der Waals surface area contributed by atoms with Gasteiger partial charge in [-0.1, -0.05) is 21.9 Å². The van der Waals surface area contributed by atoms with Crippen LogP contribution in [0, 0.1) is 0 Å². The van der Waals surface area contributed by atoms with Gasteiger partial charge in [0.2, 0.25) is 0 Å². The molecule has 0 nitrogen and oxygen atoms in total. The molecule has 127 valence electrons. The van der Waals surface area contributed by atoms with Gasteiger partial charge < -0.3 is 0 Å². The van der Waals surface area contributed by atoms with Crippen molar-refractivity contribution in [1.29, 1.82) is 0 Å². The second kappa shape index (κ2) is 18.2. The molecule has 37 heteroatoms. The number of rotatable bonds is 17. The van der Waals surface area contributed by atoms with Crippen LogP contribution in [0.4, 0.5) is 0 Å². The quantitative estimate of drug-likeness (QED) is 0.208. The zero-order valence-electron chi connectivity index (χ0n) is 19.1. The van der Waals surface area contributed by atoms with Crippen LogP contribution in [0.2, 0.25) is 0 Å². The maximum Gasteiger partial charge on any atom is -0.000000000000331 e. The Morgan fingerprint density at radius 2 is 0.595 bits per heavy atom. The summed E-state index contributed by atoms with van der Waals surface area (Å²) in [6.07, 6.45) is -9.29. The Labute approximate surface area is 261 Å². The molecule has 0 saturated carbocycles. The summed E-state index contributed by atoms with van der Waals surface area (Å²) in [5, 5.41) is 0. The molecule has 0 rings (SSSR count). The lowest BCUT2D eigenvalue weighted by Gasteiger charge is -2.55. The Kier molecular flexibility index (Phi) is 19.3. The summed E-state index contributed by atoms with van der Waals surface area (Å²) in [6, 6.07) is 0. The van der Waals surface area contributed by atoms with Gasteiger partial charge in [-0.25, -0.2) is 0 Å². The first-order valence-corrected chi connectivity index (χ1v) is 10.7. The normalized spacial score (nSPS) is 9.62. The van der Waals surface area contributed by atoms with Crippen LogP contribution in [0.5, 0.6) is 0 Å². The van der Waals surface area contributed by atoms with E-state index in [9.17, 15) is 0 Å². The van der Waals surface area contributed by atoms with E-state index in [-0.39, 0.29) is 56.5 Å². The third kappa shape index (κ3) is 10.9. The highest BCUT2D eigenvalue weighted by atomic mass is 13.4. The molecule has 0 N–H and O–H groups in total. The fourth-order valence-corrected chi connectivity index (χ4v) is 5.13. The van der Waals surface area contributed by atoms with Gasteiger partial charge in [0, 0.05) is 0 Å². The van der Waals surface area contributed by atoms with Crippen molar-refractivity contribution in [3.05, 3.63) is 0 Å². The van der Waals surface area contributed by atoms with Crippen molar-refractivity contribution in [1.82, 2.24) is 0 Å². The number of hydrogen-bond acceptors (Lipinski definition) is 0. The van der Waals surface area contributed by atoms with Gasteiger partial charge in [-0.05, 0) is 205 Å². The highest BCUT2D eigenvalue weighted by molar-refractivity contribution is 8.31. The van der Waals surface area contributed by atoms with Crippen LogP contribution in [-0.2, 0) is 0 Å². The van der Waals surface area contributed by atoms with Crippen molar-refractivity contribution < 1.29 is 0 Å². The molecular formula is H12B37-4. The Morgan fingerprint density at radius 3 is 0.757 bits per heavy atom. The van der Waals surface area contributed by atoms with Gasteiger partial charge in [-0.3, -0.25) is 6.39 Å². The third-order valence-corrected chi connectivity index (χ3v) is 6.44. The molecule has 0 aromatic heterocycles. The SMILES string of the molecule is [B]B([B])B(B([B])[B])B(B(B([B])[B])B([B])[B])B(B(B([B])[B])B([B])[B])B(B([B][BH3-])B([BH3-])[BH3-])B(B([B])[B])B([B])[BH3-]. The first kappa shape index (κ1) is 39.4. The van der Waals surface area contributed by atoms with E-state index in [1.165, 1.54) is 0 Å². The van der Waals surface area contributed by atoms with E-state index in [1.54, 1.807) is 0 Å². The topological polar surface area (TPSA) is 0 Å². The molecular weight excluding hydrogens is 400 g/mol. The third-order valence-electron chi connectivity index (χ3n) is 6.44. The smallest absolute Gasteiger partial charge is 0.000000000000331 e. The molecule has 0 fully saturated rings. The van der Waals surface area contributed by atoms with E-state index >= 15 is 0 Å². The van der Waals surface area contributed by atoms with E-state index < -0.39 is 76.6 Å². The van der Waals surface area contributed by atoms with E-state index in [0.29, 0.717) is 6.39 Å². The Morgan fingerprint density at radius 1 is 0.351 bits per heavy atom. The van der Waals surface area contributed by atoms with E-state index in [0.717, 1.165) is 0 Å². The minimum absolute atomic E-state index is 0.0171. The molecule has 0 aliphatic heterocycles. The maximum atomic E-state index is 6.69. The van der Waals surface area contributed by atoms with Crippen LogP contribution >= 0.6 is 0 Å². The van der Waals surface area contributed by atoms with Gasteiger partial charge in [-0.15, -0.1) is 21.9 Å². The molecule has 0 aromatic rings. The predicted molar refractivity (Wildman–Crippen MR) is 230 cm³/mol. The highest BCUT2D eigenvalue weighted by Gasteiger charge is 2.54. The van der Waals surface area contributed by atoms with Crippen LogP contribution in [0.1, 0.15) is 0 Å². The van der Waals surface area contributed by atoms with E-state index in [2.05, 4.69) is 7.06 Å². The standard InChI is InChI=1S/B37H12/c1-20-30(21(2)3)35(31(22(4)5)23(6)7)37(34(28(16)17)29(18)19)36(32(24(8)9)25(10)11)33(26(12)13)27(14)15/h1-4H3/q-4. The highest BCUT2D eigenvalue weighted by Crippen LogP contribution is 2.17. The van der Waals surface area contributed by atoms with Gasteiger partial charge in [0.05, 0.1) is 0 Å². The molecule has 0 aliphatic rings. The summed E-state index contributed by atoms with van der Waals surface area (Å²) in [4.78, 5) is 0. The zero-order valence-corrected chi connectivity index (χ0v) is 19.1. The van der Waals surface area contributed by atoms with Crippen LogP contribution in [-0.4, -0.2) is 263 Å². The summed E-state index contributed by atoms with van der Waals surface area (Å²) in [5.74, 6) is 0. The van der Waals surface area contributed by atoms with Gasteiger partial charge >= 0.3 is 0 Å². The summed E-state index contributed by atoms with van der Waals surface area (Å²) in [7, 11) is 98.0. The van der Waals surface area contributed by atoms with Gasteiger partial charge in [0.15, 0.2) is 0 Å². The van der Waals surface area contributed by atoms with Crippen LogP contribution < -0.4 is 0 Å². The molecule has 0 heterocycles. The minimum Gasteiger partial charge on any atom is -0.264 e.